The number of hydrogen-bond donors (Lipinski definition) is 0. The largest absolute Gasteiger partial charge is 0.457 e. The van der Waals surface area contributed by atoms with Crippen molar-refractivity contribution in [2.24, 2.45) is 0 Å². The lowest BCUT2D eigenvalue weighted by molar-refractivity contribution is 0.425. The minimum atomic E-state index is -0.566. The number of thiophene rings is 1. The van der Waals surface area contributed by atoms with Gasteiger partial charge in [0.25, 0.3) is 0 Å². The summed E-state index contributed by atoms with van der Waals surface area (Å²) in [6.45, 7) is 9.56. The molecule has 4 aliphatic rings. The molecular weight excluding hydrogens is 865 g/mol. The Morgan fingerprint density at radius 1 is 0.368 bits per heavy atom. The highest BCUT2D eigenvalue weighted by atomic mass is 32.2. The number of para-hydroxylation sites is 2. The van der Waals surface area contributed by atoms with Crippen LogP contribution in [0, 0.1) is 0 Å². The topological polar surface area (TPSA) is 22.4 Å². The molecule has 2 nitrogen and oxygen atoms in total. The van der Waals surface area contributed by atoms with Gasteiger partial charge in [-0.15, -0.1) is 11.3 Å². The van der Waals surface area contributed by atoms with Gasteiger partial charge in [-0.05, 0) is 115 Å². The first-order chi connectivity index (χ1) is 33.2. The van der Waals surface area contributed by atoms with E-state index in [1.54, 1.807) is 11.3 Å². The van der Waals surface area contributed by atoms with Crippen LogP contribution in [-0.4, -0.2) is 0 Å². The third-order valence-electron chi connectivity index (χ3n) is 15.9. The summed E-state index contributed by atoms with van der Waals surface area (Å²) in [6, 6.07) is 74.5. The number of fused-ring (bicyclic) bond motifs is 16. The van der Waals surface area contributed by atoms with Gasteiger partial charge in [-0.1, -0.05) is 191 Å². The molecule has 0 amide bonds. The molecular formula is C64H46O2S2. The zero-order chi connectivity index (χ0) is 45.6. The highest BCUT2D eigenvalue weighted by molar-refractivity contribution is 7.99. The van der Waals surface area contributed by atoms with Gasteiger partial charge in [0.1, 0.15) is 23.0 Å². The summed E-state index contributed by atoms with van der Waals surface area (Å²) in [6.07, 6.45) is 0. The SMILES string of the molecule is CC1(C)c2ccccc2C2(c3ccccc3Oc3ccccc32)c2ccc(-c3ccc(-c4cccc5c4Sc4ccccc4C54c5ccccc5C(C)(C)c5cc(-c6cccs6)ccc54)o3)cc21. The van der Waals surface area contributed by atoms with Gasteiger partial charge in [0, 0.05) is 47.8 Å². The molecule has 10 aromatic rings. The van der Waals surface area contributed by atoms with Gasteiger partial charge in [0.05, 0.1) is 10.8 Å². The van der Waals surface area contributed by atoms with Crippen molar-refractivity contribution in [1.82, 2.24) is 0 Å². The standard InChI is InChI=1S/C64H46O2S2/c1-61(2)42-18-5-7-20-44(42)63(48-22-9-12-26-56(48)66-57-27-13-10-23-49(57)63)46-32-30-39(37-52(46)61)54-34-35-55(65-54)41-17-15-25-51-60(41)68-59-28-14-11-24-50(59)64(51)45-21-8-6-19-43(45)62(3,4)53-38-40(31-33-47(53)64)58-29-16-36-67-58/h5-38H,1-4H3. The van der Waals surface area contributed by atoms with E-state index in [1.165, 1.54) is 75.9 Å². The third-order valence-corrected chi connectivity index (χ3v) is 18.0. The molecule has 14 rings (SSSR count). The summed E-state index contributed by atoms with van der Waals surface area (Å²) in [5.74, 6) is 3.51. The Labute approximate surface area is 406 Å². The van der Waals surface area contributed by atoms with Crippen LogP contribution in [0.2, 0.25) is 0 Å². The fraction of sp³-hybridized carbons (Fsp3) is 0.125. The average Bonchev–Trinajstić information content (AvgIpc) is 4.11. The van der Waals surface area contributed by atoms with Crippen LogP contribution in [0.1, 0.15) is 94.5 Å². The van der Waals surface area contributed by atoms with E-state index >= 15 is 0 Å². The molecule has 1 unspecified atom stereocenters. The van der Waals surface area contributed by atoms with Crippen molar-refractivity contribution in [3.8, 4) is 44.6 Å². The first kappa shape index (κ1) is 40.0. The summed E-state index contributed by atoms with van der Waals surface area (Å²) in [7, 11) is 0. The summed E-state index contributed by atoms with van der Waals surface area (Å²) in [5.41, 5.74) is 17.3. The summed E-state index contributed by atoms with van der Waals surface area (Å²) in [4.78, 5) is 3.79. The number of ether oxygens (including phenoxy) is 1. The molecule has 0 saturated carbocycles. The number of hydrogen-bond acceptors (Lipinski definition) is 4. The minimum absolute atomic E-state index is 0.222. The van der Waals surface area contributed by atoms with Crippen LogP contribution in [0.5, 0.6) is 11.5 Å². The van der Waals surface area contributed by atoms with E-state index in [-0.39, 0.29) is 10.8 Å². The minimum Gasteiger partial charge on any atom is -0.457 e. The normalized spacial score (nSPS) is 17.9. The average molecular weight is 911 g/mol. The molecule has 0 bridgehead atoms. The van der Waals surface area contributed by atoms with Gasteiger partial charge in [0.15, 0.2) is 0 Å². The maximum Gasteiger partial charge on any atom is 0.135 e. The Kier molecular flexibility index (Phi) is 8.36. The molecule has 2 aromatic heterocycles. The molecule has 0 saturated heterocycles. The molecule has 2 aliphatic carbocycles. The molecule has 4 heterocycles. The Balaban J connectivity index is 0.954. The fourth-order valence-electron chi connectivity index (χ4n) is 12.9. The van der Waals surface area contributed by atoms with Crippen molar-refractivity contribution in [2.75, 3.05) is 0 Å². The van der Waals surface area contributed by atoms with Gasteiger partial charge in [-0.3, -0.25) is 0 Å². The quantitative estimate of drug-likeness (QED) is 0.176. The van der Waals surface area contributed by atoms with Crippen LogP contribution in [0.4, 0.5) is 0 Å². The lowest BCUT2D eigenvalue weighted by Crippen LogP contribution is -2.43. The van der Waals surface area contributed by atoms with E-state index in [1.807, 2.05) is 11.8 Å². The zero-order valence-electron chi connectivity index (χ0n) is 38.3. The Morgan fingerprint density at radius 2 is 0.868 bits per heavy atom. The van der Waals surface area contributed by atoms with Gasteiger partial charge in [-0.25, -0.2) is 0 Å². The lowest BCUT2D eigenvalue weighted by Gasteiger charge is -2.50. The van der Waals surface area contributed by atoms with Crippen molar-refractivity contribution >= 4 is 23.1 Å². The van der Waals surface area contributed by atoms with Crippen LogP contribution in [-0.2, 0) is 21.7 Å². The highest BCUT2D eigenvalue weighted by Gasteiger charge is 2.54. The van der Waals surface area contributed by atoms with E-state index in [4.69, 9.17) is 9.15 Å². The van der Waals surface area contributed by atoms with E-state index in [2.05, 4.69) is 233 Å². The predicted molar refractivity (Wildman–Crippen MR) is 278 cm³/mol. The molecule has 326 valence electrons. The number of furan rings is 1. The third kappa shape index (κ3) is 5.14. The van der Waals surface area contributed by atoms with E-state index < -0.39 is 10.8 Å². The van der Waals surface area contributed by atoms with Gasteiger partial charge in [-0.2, -0.15) is 0 Å². The number of rotatable bonds is 3. The van der Waals surface area contributed by atoms with Crippen molar-refractivity contribution in [3.05, 3.63) is 272 Å². The van der Waals surface area contributed by atoms with E-state index in [0.717, 1.165) is 45.3 Å². The van der Waals surface area contributed by atoms with Crippen LogP contribution in [0.15, 0.2) is 220 Å². The van der Waals surface area contributed by atoms with Crippen molar-refractivity contribution in [1.29, 1.82) is 0 Å². The van der Waals surface area contributed by atoms with Crippen molar-refractivity contribution < 1.29 is 9.15 Å². The summed E-state index contributed by atoms with van der Waals surface area (Å²) >= 11 is 3.67. The van der Waals surface area contributed by atoms with Gasteiger partial charge >= 0.3 is 0 Å². The monoisotopic (exact) mass is 910 g/mol. The van der Waals surface area contributed by atoms with Gasteiger partial charge < -0.3 is 9.15 Å². The van der Waals surface area contributed by atoms with Crippen LogP contribution < -0.4 is 4.74 Å². The van der Waals surface area contributed by atoms with Crippen LogP contribution in [0.25, 0.3) is 33.1 Å². The highest BCUT2D eigenvalue weighted by Crippen LogP contribution is 2.64. The van der Waals surface area contributed by atoms with Crippen LogP contribution in [0.3, 0.4) is 0 Å². The molecule has 4 heteroatoms. The molecule has 2 spiro atoms. The number of benzene rings is 8. The maximum atomic E-state index is 7.16. The first-order valence-electron chi connectivity index (χ1n) is 23.6. The molecule has 0 fully saturated rings. The smallest absolute Gasteiger partial charge is 0.135 e. The summed E-state index contributed by atoms with van der Waals surface area (Å²) in [5, 5.41) is 2.18. The molecule has 0 radical (unpaired) electrons. The Bertz CT molecular complexity index is 3670. The Hall–Kier alpha value is -7.11. The van der Waals surface area contributed by atoms with Crippen molar-refractivity contribution in [2.45, 2.75) is 59.1 Å². The predicted octanol–water partition coefficient (Wildman–Crippen LogP) is 17.0. The van der Waals surface area contributed by atoms with E-state index in [0.29, 0.717) is 0 Å². The first-order valence-corrected chi connectivity index (χ1v) is 25.3. The second-order valence-corrected chi connectivity index (χ2v) is 21.9. The molecule has 8 aromatic carbocycles. The molecule has 1 atom stereocenters. The second kappa shape index (κ2) is 14.2. The lowest BCUT2D eigenvalue weighted by atomic mass is 9.53. The molecule has 2 aliphatic heterocycles. The zero-order valence-corrected chi connectivity index (χ0v) is 39.9. The summed E-state index contributed by atoms with van der Waals surface area (Å²) < 4.78 is 13.8. The molecule has 68 heavy (non-hydrogen) atoms. The molecule has 0 N–H and O–H groups in total. The maximum absolute atomic E-state index is 7.16. The second-order valence-electron chi connectivity index (χ2n) is 19.9. The Morgan fingerprint density at radius 3 is 1.50 bits per heavy atom. The van der Waals surface area contributed by atoms with E-state index in [9.17, 15) is 0 Å². The fourth-order valence-corrected chi connectivity index (χ4v) is 14.9. The van der Waals surface area contributed by atoms with Crippen LogP contribution >= 0.6 is 23.1 Å². The van der Waals surface area contributed by atoms with Gasteiger partial charge in [0.2, 0.25) is 0 Å². The van der Waals surface area contributed by atoms with Crippen molar-refractivity contribution in [3.63, 3.8) is 0 Å².